The van der Waals surface area contributed by atoms with E-state index in [0.29, 0.717) is 10.8 Å². The van der Waals surface area contributed by atoms with Gasteiger partial charge in [0.2, 0.25) is 0 Å². The van der Waals surface area contributed by atoms with Crippen LogP contribution in [0.4, 0.5) is 0 Å². The molecule has 1 aliphatic rings. The lowest BCUT2D eigenvalue weighted by molar-refractivity contribution is -0.132. The highest BCUT2D eigenvalue weighted by atomic mass is 35.5. The first-order valence-corrected chi connectivity index (χ1v) is 7.72. The molecule has 0 N–H and O–H groups in total. The maximum absolute atomic E-state index is 12.0. The van der Waals surface area contributed by atoms with E-state index in [0.717, 1.165) is 37.1 Å². The molecule has 114 valence electrons. The predicted molar refractivity (Wildman–Crippen MR) is 86.0 cm³/mol. The summed E-state index contributed by atoms with van der Waals surface area (Å²) in [7, 11) is 0. The van der Waals surface area contributed by atoms with Crippen molar-refractivity contribution < 1.29 is 9.53 Å². The topological polar surface area (TPSA) is 42.4 Å². The molecule has 1 aliphatic heterocycles. The van der Waals surface area contributed by atoms with Crippen LogP contribution in [-0.2, 0) is 4.79 Å². The fourth-order valence-corrected chi connectivity index (χ4v) is 2.77. The number of carbonyl (C=O) groups excluding carboxylic acids is 1. The summed E-state index contributed by atoms with van der Waals surface area (Å²) in [6.45, 7) is 1.71. The molecule has 2 heterocycles. The Kier molecular flexibility index (Phi) is 4.59. The number of ether oxygens (including phenoxy) is 1. The summed E-state index contributed by atoms with van der Waals surface area (Å²) in [5.41, 5.74) is 1.88. The van der Waals surface area contributed by atoms with Crippen molar-refractivity contribution in [2.24, 2.45) is 0 Å². The number of aromatic nitrogens is 1. The van der Waals surface area contributed by atoms with Gasteiger partial charge in [-0.1, -0.05) is 17.7 Å². The molecule has 1 saturated heterocycles. The minimum absolute atomic E-state index is 0.0282. The van der Waals surface area contributed by atoms with E-state index in [1.807, 2.05) is 29.2 Å². The Morgan fingerprint density at radius 2 is 2.05 bits per heavy atom. The van der Waals surface area contributed by atoms with E-state index in [2.05, 4.69) is 4.98 Å². The Morgan fingerprint density at radius 3 is 2.77 bits per heavy atom. The van der Waals surface area contributed by atoms with Crippen molar-refractivity contribution in [2.75, 3.05) is 19.7 Å². The fraction of sp³-hybridized carbons (Fsp3) is 0.294. The summed E-state index contributed by atoms with van der Waals surface area (Å²) in [4.78, 5) is 18.0. The minimum Gasteiger partial charge on any atom is -0.484 e. The molecule has 0 saturated carbocycles. The van der Waals surface area contributed by atoms with Gasteiger partial charge in [-0.15, -0.1) is 0 Å². The van der Waals surface area contributed by atoms with E-state index >= 15 is 0 Å². The van der Waals surface area contributed by atoms with Crippen LogP contribution in [0.5, 0.6) is 5.75 Å². The molecule has 4 nitrogen and oxygen atoms in total. The van der Waals surface area contributed by atoms with Crippen LogP contribution >= 0.6 is 11.6 Å². The summed E-state index contributed by atoms with van der Waals surface area (Å²) < 4.78 is 5.63. The molecule has 0 bridgehead atoms. The Labute approximate surface area is 134 Å². The maximum Gasteiger partial charge on any atom is 0.260 e. The number of pyridine rings is 1. The zero-order valence-corrected chi connectivity index (χ0v) is 12.9. The molecule has 1 aromatic carbocycles. The number of hydrogen-bond donors (Lipinski definition) is 0. The molecule has 1 fully saturated rings. The lowest BCUT2D eigenvalue weighted by Crippen LogP contribution is -2.32. The molecule has 22 heavy (non-hydrogen) atoms. The first kappa shape index (κ1) is 14.9. The summed E-state index contributed by atoms with van der Waals surface area (Å²) in [6, 6.07) is 9.28. The molecule has 1 aromatic heterocycles. The van der Waals surface area contributed by atoms with E-state index < -0.39 is 0 Å². The lowest BCUT2D eigenvalue weighted by Gasteiger charge is -2.16. The number of hydrogen-bond acceptors (Lipinski definition) is 3. The molecule has 2 aromatic rings. The van der Waals surface area contributed by atoms with Crippen LogP contribution in [0, 0.1) is 0 Å². The van der Waals surface area contributed by atoms with Crippen molar-refractivity contribution >= 4 is 17.5 Å². The van der Waals surface area contributed by atoms with Gasteiger partial charge >= 0.3 is 0 Å². The van der Waals surface area contributed by atoms with E-state index in [4.69, 9.17) is 16.3 Å². The minimum atomic E-state index is 0.0282. The third-order valence-electron chi connectivity index (χ3n) is 3.69. The molecule has 3 rings (SSSR count). The molecular weight excluding hydrogens is 300 g/mol. The van der Waals surface area contributed by atoms with Crippen molar-refractivity contribution in [1.29, 1.82) is 0 Å². The van der Waals surface area contributed by atoms with Gasteiger partial charge in [0.05, 0.1) is 0 Å². The van der Waals surface area contributed by atoms with Crippen LogP contribution in [0.1, 0.15) is 12.8 Å². The number of amides is 1. The van der Waals surface area contributed by atoms with Gasteiger partial charge in [0.25, 0.3) is 5.91 Å². The Balaban J connectivity index is 1.71. The summed E-state index contributed by atoms with van der Waals surface area (Å²) in [5, 5.41) is 0.574. The smallest absolute Gasteiger partial charge is 0.260 e. The average Bonchev–Trinajstić information content (AvgIpc) is 3.07. The monoisotopic (exact) mass is 316 g/mol. The Morgan fingerprint density at radius 1 is 1.23 bits per heavy atom. The van der Waals surface area contributed by atoms with Crippen molar-refractivity contribution in [1.82, 2.24) is 9.88 Å². The normalized spacial score (nSPS) is 14.1. The second-order valence-corrected chi connectivity index (χ2v) is 5.73. The van der Waals surface area contributed by atoms with Crippen LogP contribution in [0.15, 0.2) is 42.7 Å². The fourth-order valence-electron chi connectivity index (χ4n) is 2.55. The number of carbonyl (C=O) groups is 1. The third kappa shape index (κ3) is 3.57. The second kappa shape index (κ2) is 6.79. The zero-order chi connectivity index (χ0) is 15.4. The van der Waals surface area contributed by atoms with Crippen molar-refractivity contribution in [2.45, 2.75) is 12.8 Å². The SMILES string of the molecule is O=C(COc1cc(Cl)cc(-c2cccnc2)c1)N1CCCC1. The zero-order valence-electron chi connectivity index (χ0n) is 12.2. The van der Waals surface area contributed by atoms with E-state index in [1.165, 1.54) is 0 Å². The predicted octanol–water partition coefficient (Wildman–Crippen LogP) is 3.40. The van der Waals surface area contributed by atoms with Gasteiger partial charge in [-0.05, 0) is 42.7 Å². The average molecular weight is 317 g/mol. The highest BCUT2D eigenvalue weighted by Gasteiger charge is 2.18. The third-order valence-corrected chi connectivity index (χ3v) is 3.91. The first-order valence-electron chi connectivity index (χ1n) is 7.34. The molecule has 0 spiro atoms. The summed E-state index contributed by atoms with van der Waals surface area (Å²) in [5.74, 6) is 0.624. The van der Waals surface area contributed by atoms with E-state index in [1.54, 1.807) is 18.5 Å². The lowest BCUT2D eigenvalue weighted by atomic mass is 10.1. The van der Waals surface area contributed by atoms with E-state index in [9.17, 15) is 4.79 Å². The standard InChI is InChI=1S/C17H17ClN2O2/c18-15-8-14(13-4-3-5-19-11-13)9-16(10-15)22-12-17(21)20-6-1-2-7-20/h3-5,8-11H,1-2,6-7,12H2. The van der Waals surface area contributed by atoms with Crippen LogP contribution in [-0.4, -0.2) is 35.5 Å². The number of rotatable bonds is 4. The summed E-state index contributed by atoms with van der Waals surface area (Å²) in [6.07, 6.45) is 5.65. The van der Waals surface area contributed by atoms with Crippen molar-refractivity contribution in [3.63, 3.8) is 0 Å². The Hall–Kier alpha value is -2.07. The van der Waals surface area contributed by atoms with Gasteiger partial charge < -0.3 is 9.64 Å². The van der Waals surface area contributed by atoms with Gasteiger partial charge in [0.15, 0.2) is 6.61 Å². The largest absolute Gasteiger partial charge is 0.484 e. The van der Waals surface area contributed by atoms with Crippen molar-refractivity contribution in [3.05, 3.63) is 47.7 Å². The quantitative estimate of drug-likeness (QED) is 0.868. The van der Waals surface area contributed by atoms with Crippen LogP contribution in [0.3, 0.4) is 0 Å². The van der Waals surface area contributed by atoms with Crippen LogP contribution in [0.2, 0.25) is 5.02 Å². The first-order chi connectivity index (χ1) is 10.7. The second-order valence-electron chi connectivity index (χ2n) is 5.29. The molecular formula is C17H17ClN2O2. The molecule has 1 amide bonds. The number of nitrogens with zero attached hydrogens (tertiary/aromatic N) is 2. The number of likely N-dealkylation sites (tertiary alicyclic amines) is 1. The Bertz CT molecular complexity index is 655. The van der Waals surface area contributed by atoms with Crippen LogP contribution < -0.4 is 4.74 Å². The number of benzene rings is 1. The highest BCUT2D eigenvalue weighted by molar-refractivity contribution is 6.31. The molecule has 0 atom stereocenters. The van der Waals surface area contributed by atoms with Gasteiger partial charge in [0.1, 0.15) is 5.75 Å². The van der Waals surface area contributed by atoms with Gasteiger partial charge in [-0.25, -0.2) is 0 Å². The van der Waals surface area contributed by atoms with E-state index in [-0.39, 0.29) is 12.5 Å². The number of halogens is 1. The molecule has 0 unspecified atom stereocenters. The molecule has 0 aliphatic carbocycles. The molecule has 5 heteroatoms. The van der Waals surface area contributed by atoms with Crippen LogP contribution in [0.25, 0.3) is 11.1 Å². The maximum atomic E-state index is 12.0. The highest BCUT2D eigenvalue weighted by Crippen LogP contribution is 2.28. The van der Waals surface area contributed by atoms with Gasteiger partial charge in [0, 0.05) is 36.1 Å². The molecule has 0 radical (unpaired) electrons. The summed E-state index contributed by atoms with van der Waals surface area (Å²) >= 11 is 6.15. The van der Waals surface area contributed by atoms with Gasteiger partial charge in [-0.2, -0.15) is 0 Å². The van der Waals surface area contributed by atoms with Gasteiger partial charge in [-0.3, -0.25) is 9.78 Å². The van der Waals surface area contributed by atoms with Crippen molar-refractivity contribution in [3.8, 4) is 16.9 Å².